The minimum atomic E-state index is -0.0591. The van der Waals surface area contributed by atoms with Gasteiger partial charge in [0.15, 0.2) is 5.82 Å². The highest BCUT2D eigenvalue weighted by molar-refractivity contribution is 7.14. The molecule has 0 saturated carbocycles. The van der Waals surface area contributed by atoms with Gasteiger partial charge in [0, 0.05) is 23.7 Å². The van der Waals surface area contributed by atoms with Gasteiger partial charge in [0.2, 0.25) is 0 Å². The van der Waals surface area contributed by atoms with E-state index >= 15 is 0 Å². The fraction of sp³-hybridized carbons (Fsp3) is 0.0526. The third-order valence-corrected chi connectivity index (χ3v) is 5.03. The highest BCUT2D eigenvalue weighted by atomic mass is 32.1. The van der Waals surface area contributed by atoms with Gasteiger partial charge < -0.3 is 4.90 Å². The van der Waals surface area contributed by atoms with E-state index in [0.29, 0.717) is 11.4 Å². The van der Waals surface area contributed by atoms with Gasteiger partial charge in [0.1, 0.15) is 0 Å². The molecular formula is C19H15N5OS. The fourth-order valence-corrected chi connectivity index (χ4v) is 3.68. The number of para-hydroxylation sites is 1. The number of rotatable bonds is 4. The topological polar surface area (TPSA) is 74.8 Å². The first-order valence-electron chi connectivity index (χ1n) is 8.00. The van der Waals surface area contributed by atoms with Crippen molar-refractivity contribution in [3.63, 3.8) is 0 Å². The Morgan fingerprint density at radius 1 is 1.00 bits per heavy atom. The Bertz CT molecular complexity index is 1030. The van der Waals surface area contributed by atoms with Crippen molar-refractivity contribution in [2.75, 3.05) is 11.9 Å². The molecule has 128 valence electrons. The van der Waals surface area contributed by atoms with Gasteiger partial charge in [-0.2, -0.15) is 0 Å². The lowest BCUT2D eigenvalue weighted by atomic mass is 10.0. The number of aromatic amines is 1. The van der Waals surface area contributed by atoms with Gasteiger partial charge in [-0.25, -0.2) is 5.10 Å². The van der Waals surface area contributed by atoms with Crippen LogP contribution in [0.3, 0.4) is 0 Å². The van der Waals surface area contributed by atoms with Gasteiger partial charge >= 0.3 is 0 Å². The Labute approximate surface area is 154 Å². The number of benzene rings is 2. The Morgan fingerprint density at radius 2 is 1.77 bits per heavy atom. The average Bonchev–Trinajstić information content (AvgIpc) is 3.39. The van der Waals surface area contributed by atoms with E-state index in [9.17, 15) is 4.79 Å². The first-order valence-corrected chi connectivity index (χ1v) is 8.88. The van der Waals surface area contributed by atoms with Crippen molar-refractivity contribution < 1.29 is 4.79 Å². The maximum atomic E-state index is 12.9. The summed E-state index contributed by atoms with van der Waals surface area (Å²) < 4.78 is 0. The molecule has 0 aliphatic rings. The summed E-state index contributed by atoms with van der Waals surface area (Å²) in [6.07, 6.45) is 0. The molecule has 0 aliphatic heterocycles. The molecule has 26 heavy (non-hydrogen) atoms. The third-order valence-electron chi connectivity index (χ3n) is 4.11. The van der Waals surface area contributed by atoms with Gasteiger partial charge in [0.25, 0.3) is 5.91 Å². The van der Waals surface area contributed by atoms with Gasteiger partial charge in [-0.1, -0.05) is 36.4 Å². The smallest absolute Gasteiger partial charge is 0.258 e. The number of tetrazole rings is 1. The van der Waals surface area contributed by atoms with Crippen LogP contribution in [0.4, 0.5) is 5.69 Å². The number of nitrogens with one attached hydrogen (secondary N) is 1. The highest BCUT2D eigenvalue weighted by Gasteiger charge is 2.20. The number of hydrogen-bond donors (Lipinski definition) is 1. The lowest BCUT2D eigenvalue weighted by molar-refractivity contribution is 0.0993. The lowest BCUT2D eigenvalue weighted by Gasteiger charge is -2.21. The standard InChI is InChI=1S/C19H15N5OS/c1-24(19(25)13-7-3-2-4-8-13)16-10-6-5-9-14(16)15-11-12-26-17(15)18-20-22-23-21-18/h2-12H,1H3,(H,20,21,22,23). The molecule has 1 N–H and O–H groups in total. The number of H-pyrrole nitrogens is 1. The molecule has 0 bridgehead atoms. The van der Waals surface area contributed by atoms with Crippen LogP contribution in [-0.2, 0) is 0 Å². The second-order valence-electron chi connectivity index (χ2n) is 5.66. The molecule has 0 spiro atoms. The largest absolute Gasteiger partial charge is 0.311 e. The molecule has 0 atom stereocenters. The molecule has 2 heterocycles. The third kappa shape index (κ3) is 2.89. The fourth-order valence-electron chi connectivity index (χ4n) is 2.84. The van der Waals surface area contributed by atoms with Crippen LogP contribution in [0, 0.1) is 0 Å². The summed E-state index contributed by atoms with van der Waals surface area (Å²) in [5, 5.41) is 16.1. The van der Waals surface area contributed by atoms with E-state index < -0.39 is 0 Å². The molecule has 0 saturated heterocycles. The summed E-state index contributed by atoms with van der Waals surface area (Å²) in [5.74, 6) is 0.554. The van der Waals surface area contributed by atoms with E-state index in [0.717, 1.165) is 21.7 Å². The highest BCUT2D eigenvalue weighted by Crippen LogP contribution is 2.39. The zero-order valence-electron chi connectivity index (χ0n) is 14.0. The summed E-state index contributed by atoms with van der Waals surface area (Å²) >= 11 is 1.55. The van der Waals surface area contributed by atoms with Crippen LogP contribution < -0.4 is 4.90 Å². The van der Waals surface area contributed by atoms with Crippen LogP contribution in [-0.4, -0.2) is 33.6 Å². The van der Waals surface area contributed by atoms with Crippen molar-refractivity contribution in [2.45, 2.75) is 0 Å². The molecule has 2 aromatic carbocycles. The van der Waals surface area contributed by atoms with Gasteiger partial charge in [0.05, 0.1) is 10.6 Å². The molecular weight excluding hydrogens is 346 g/mol. The zero-order chi connectivity index (χ0) is 17.9. The van der Waals surface area contributed by atoms with Crippen molar-refractivity contribution in [1.82, 2.24) is 20.6 Å². The molecule has 6 nitrogen and oxygen atoms in total. The Morgan fingerprint density at radius 3 is 2.54 bits per heavy atom. The van der Waals surface area contributed by atoms with Gasteiger partial charge in [-0.05, 0) is 40.1 Å². The van der Waals surface area contributed by atoms with Crippen LogP contribution in [0.2, 0.25) is 0 Å². The molecule has 4 rings (SSSR count). The Kier molecular flexibility index (Phi) is 4.28. The quantitative estimate of drug-likeness (QED) is 0.599. The van der Waals surface area contributed by atoms with Crippen LogP contribution >= 0.6 is 11.3 Å². The number of aromatic nitrogens is 4. The van der Waals surface area contributed by atoms with Crippen LogP contribution in [0.1, 0.15) is 10.4 Å². The lowest BCUT2D eigenvalue weighted by Crippen LogP contribution is -2.26. The van der Waals surface area contributed by atoms with E-state index in [-0.39, 0.29) is 5.91 Å². The second kappa shape index (κ2) is 6.89. The summed E-state index contributed by atoms with van der Waals surface area (Å²) in [6.45, 7) is 0. The summed E-state index contributed by atoms with van der Waals surface area (Å²) in [7, 11) is 1.79. The predicted molar refractivity (Wildman–Crippen MR) is 102 cm³/mol. The van der Waals surface area contributed by atoms with E-state index in [4.69, 9.17) is 0 Å². The molecule has 2 aromatic heterocycles. The number of anilines is 1. The van der Waals surface area contributed by atoms with Crippen molar-refractivity contribution in [3.8, 4) is 21.8 Å². The maximum Gasteiger partial charge on any atom is 0.258 e. The predicted octanol–water partition coefficient (Wildman–Crippen LogP) is 3.87. The van der Waals surface area contributed by atoms with Crippen LogP contribution in [0.15, 0.2) is 66.0 Å². The number of carbonyl (C=O) groups excluding carboxylic acids is 1. The molecule has 1 amide bonds. The number of hydrogen-bond acceptors (Lipinski definition) is 5. The molecule has 0 fully saturated rings. The van der Waals surface area contributed by atoms with Gasteiger partial charge in [-0.3, -0.25) is 4.79 Å². The summed E-state index contributed by atoms with van der Waals surface area (Å²) in [4.78, 5) is 15.5. The number of nitrogens with zero attached hydrogens (tertiary/aromatic N) is 4. The molecule has 7 heteroatoms. The van der Waals surface area contributed by atoms with Crippen molar-refractivity contribution >= 4 is 22.9 Å². The Balaban J connectivity index is 1.77. The van der Waals surface area contributed by atoms with E-state index in [1.165, 1.54) is 0 Å². The minimum Gasteiger partial charge on any atom is -0.311 e. The van der Waals surface area contributed by atoms with E-state index in [2.05, 4.69) is 20.6 Å². The number of carbonyl (C=O) groups is 1. The second-order valence-corrected chi connectivity index (χ2v) is 6.58. The molecule has 0 aliphatic carbocycles. The van der Waals surface area contributed by atoms with Crippen molar-refractivity contribution in [3.05, 3.63) is 71.6 Å². The first-order chi connectivity index (χ1) is 12.8. The number of thiophene rings is 1. The SMILES string of the molecule is CN(C(=O)c1ccccc1)c1ccccc1-c1ccsc1-c1nnn[nH]1. The number of amides is 1. The normalized spacial score (nSPS) is 10.7. The van der Waals surface area contributed by atoms with E-state index in [1.807, 2.05) is 66.0 Å². The first kappa shape index (κ1) is 16.2. The van der Waals surface area contributed by atoms with Crippen LogP contribution in [0.5, 0.6) is 0 Å². The summed E-state index contributed by atoms with van der Waals surface area (Å²) in [6, 6.07) is 19.1. The van der Waals surface area contributed by atoms with E-state index in [1.54, 1.807) is 23.3 Å². The molecule has 0 unspecified atom stereocenters. The minimum absolute atomic E-state index is 0.0591. The monoisotopic (exact) mass is 361 g/mol. The van der Waals surface area contributed by atoms with Crippen molar-refractivity contribution in [2.24, 2.45) is 0 Å². The molecule has 4 aromatic rings. The van der Waals surface area contributed by atoms with Gasteiger partial charge in [-0.15, -0.1) is 16.4 Å². The van der Waals surface area contributed by atoms with Crippen molar-refractivity contribution in [1.29, 1.82) is 0 Å². The Hall–Kier alpha value is -3.32. The maximum absolute atomic E-state index is 12.9. The average molecular weight is 361 g/mol. The zero-order valence-corrected chi connectivity index (χ0v) is 14.8. The summed E-state index contributed by atoms with van der Waals surface area (Å²) in [5.41, 5.74) is 3.41. The van der Waals surface area contributed by atoms with Crippen LogP contribution in [0.25, 0.3) is 21.8 Å². The molecule has 0 radical (unpaired) electrons.